The van der Waals surface area contributed by atoms with E-state index in [0.717, 1.165) is 18.8 Å². The highest BCUT2D eigenvalue weighted by Crippen LogP contribution is 2.23. The fourth-order valence-corrected chi connectivity index (χ4v) is 4.56. The minimum Gasteiger partial charge on any atom is -0.454 e. The van der Waals surface area contributed by atoms with Crippen molar-refractivity contribution >= 4 is 29.2 Å². The molecule has 2 fully saturated rings. The molecule has 2 N–H and O–H groups in total. The number of rotatable bonds is 7. The molecule has 2 aromatic rings. The van der Waals surface area contributed by atoms with Crippen LogP contribution in [-0.4, -0.2) is 66.2 Å². The van der Waals surface area contributed by atoms with Crippen molar-refractivity contribution in [2.24, 2.45) is 0 Å². The van der Waals surface area contributed by atoms with Gasteiger partial charge in [0.1, 0.15) is 11.9 Å². The van der Waals surface area contributed by atoms with Crippen LogP contribution in [0.2, 0.25) is 0 Å². The minimum atomic E-state index is -1.03. The molecule has 0 aliphatic carbocycles. The fourth-order valence-electron chi connectivity index (χ4n) is 4.56. The lowest BCUT2D eigenvalue weighted by Crippen LogP contribution is -2.43. The number of nitrogens with zero attached hydrogens (tertiary/aromatic N) is 2. The van der Waals surface area contributed by atoms with Crippen molar-refractivity contribution in [3.63, 3.8) is 0 Å². The number of ether oxygens (including phenoxy) is 1. The number of piperidine rings is 1. The summed E-state index contributed by atoms with van der Waals surface area (Å²) in [7, 11) is 0. The van der Waals surface area contributed by atoms with E-state index in [0.29, 0.717) is 5.69 Å². The van der Waals surface area contributed by atoms with Gasteiger partial charge >= 0.3 is 5.97 Å². The van der Waals surface area contributed by atoms with Crippen molar-refractivity contribution in [1.82, 2.24) is 4.90 Å². The van der Waals surface area contributed by atoms with Gasteiger partial charge in [0, 0.05) is 37.4 Å². The minimum absolute atomic E-state index is 0.00142. The van der Waals surface area contributed by atoms with E-state index in [9.17, 15) is 23.9 Å². The van der Waals surface area contributed by atoms with Gasteiger partial charge in [0.05, 0.1) is 12.5 Å². The summed E-state index contributed by atoms with van der Waals surface area (Å²) in [6.07, 6.45) is 2.46. The van der Waals surface area contributed by atoms with Gasteiger partial charge in [0.25, 0.3) is 5.91 Å². The van der Waals surface area contributed by atoms with Crippen molar-refractivity contribution in [3.8, 4) is 0 Å². The van der Waals surface area contributed by atoms with E-state index in [1.54, 1.807) is 18.2 Å². The Morgan fingerprint density at radius 3 is 2.46 bits per heavy atom. The van der Waals surface area contributed by atoms with Gasteiger partial charge in [-0.15, -0.1) is 0 Å². The molecule has 186 valence electrons. The molecule has 2 aliphatic heterocycles. The number of halogens is 1. The Morgan fingerprint density at radius 2 is 1.74 bits per heavy atom. The van der Waals surface area contributed by atoms with E-state index >= 15 is 0 Å². The van der Waals surface area contributed by atoms with Crippen molar-refractivity contribution in [2.75, 3.05) is 36.5 Å². The maximum absolute atomic E-state index is 13.9. The summed E-state index contributed by atoms with van der Waals surface area (Å²) in [4.78, 5) is 41.1. The van der Waals surface area contributed by atoms with E-state index in [4.69, 9.17) is 4.74 Å². The molecule has 35 heavy (non-hydrogen) atoms. The molecule has 2 aliphatic rings. The number of likely N-dealkylation sites (tertiary alicyclic amines) is 1. The first kappa shape index (κ1) is 24.7. The number of esters is 1. The molecular weight excluding hydrogens is 453 g/mol. The quantitative estimate of drug-likeness (QED) is 0.588. The number of aliphatic hydroxyl groups is 1. The lowest BCUT2D eigenvalue weighted by Gasteiger charge is -2.28. The van der Waals surface area contributed by atoms with Gasteiger partial charge in [0.2, 0.25) is 5.91 Å². The number of amides is 2. The first-order valence-electron chi connectivity index (χ1n) is 11.9. The van der Waals surface area contributed by atoms with Crippen LogP contribution in [0.5, 0.6) is 0 Å². The number of nitrogens with one attached hydrogen (secondary N) is 1. The second kappa shape index (κ2) is 11.3. The Balaban J connectivity index is 1.28. The standard InChI is InChI=1S/C26H30FN3O5/c27-22-7-3-2-6-18(22)14-25(33)30-16-21(31)15-23(30)26(34)35-17-24(32)28-19-8-10-20(11-9-19)29-12-4-1-5-13-29/h2-3,6-11,21,23,31H,1,4-5,12-17H2,(H,28,32). The van der Waals surface area contributed by atoms with Crippen LogP contribution in [-0.2, 0) is 25.5 Å². The van der Waals surface area contributed by atoms with Crippen LogP contribution in [0.4, 0.5) is 15.8 Å². The average Bonchev–Trinajstić information content (AvgIpc) is 3.27. The number of anilines is 2. The van der Waals surface area contributed by atoms with Gasteiger partial charge in [-0.05, 0) is 55.2 Å². The van der Waals surface area contributed by atoms with Crippen LogP contribution >= 0.6 is 0 Å². The Labute approximate surface area is 203 Å². The van der Waals surface area contributed by atoms with E-state index in [1.807, 2.05) is 12.1 Å². The predicted molar refractivity (Wildman–Crippen MR) is 128 cm³/mol. The molecule has 8 nitrogen and oxygen atoms in total. The lowest BCUT2D eigenvalue weighted by molar-refractivity contribution is -0.155. The first-order valence-corrected chi connectivity index (χ1v) is 11.9. The Kier molecular flexibility index (Phi) is 7.97. The van der Waals surface area contributed by atoms with Crippen LogP contribution in [0.3, 0.4) is 0 Å². The van der Waals surface area contributed by atoms with Gasteiger partial charge in [-0.25, -0.2) is 9.18 Å². The normalized spacial score (nSPS) is 19.9. The SMILES string of the molecule is O=C(COC(=O)C1CC(O)CN1C(=O)Cc1ccccc1F)Nc1ccc(N2CCCCC2)cc1. The molecule has 2 amide bonds. The van der Waals surface area contributed by atoms with Crippen LogP contribution in [0, 0.1) is 5.82 Å². The zero-order chi connectivity index (χ0) is 24.8. The molecule has 9 heteroatoms. The summed E-state index contributed by atoms with van der Waals surface area (Å²) in [5, 5.41) is 12.7. The summed E-state index contributed by atoms with van der Waals surface area (Å²) in [6.45, 7) is 1.48. The Morgan fingerprint density at radius 1 is 1.03 bits per heavy atom. The van der Waals surface area contributed by atoms with Crippen molar-refractivity contribution in [3.05, 3.63) is 59.9 Å². The third-order valence-corrected chi connectivity index (χ3v) is 6.39. The van der Waals surface area contributed by atoms with Crippen molar-refractivity contribution in [2.45, 2.75) is 44.2 Å². The number of hydrogen-bond acceptors (Lipinski definition) is 6. The molecule has 4 rings (SSSR count). The molecule has 0 aromatic heterocycles. The first-order chi connectivity index (χ1) is 16.9. The molecule has 0 bridgehead atoms. The summed E-state index contributed by atoms with van der Waals surface area (Å²) >= 11 is 0. The van der Waals surface area contributed by atoms with E-state index < -0.39 is 42.4 Å². The number of β-amino-alcohol motifs (C(OH)–C–C–N with tert-alkyl or cyclic N) is 1. The molecule has 2 atom stereocenters. The summed E-state index contributed by atoms with van der Waals surface area (Å²) < 4.78 is 19.1. The number of hydrogen-bond donors (Lipinski definition) is 2. The topological polar surface area (TPSA) is 99.2 Å². The van der Waals surface area contributed by atoms with Crippen molar-refractivity contribution in [1.29, 1.82) is 0 Å². The molecule has 2 unspecified atom stereocenters. The molecule has 2 heterocycles. The number of benzene rings is 2. The third kappa shape index (κ3) is 6.36. The average molecular weight is 484 g/mol. The van der Waals surface area contributed by atoms with Gasteiger partial charge in [0.15, 0.2) is 6.61 Å². The van der Waals surface area contributed by atoms with E-state index in [1.165, 1.54) is 42.4 Å². The predicted octanol–water partition coefficient (Wildman–Crippen LogP) is 2.50. The Bertz CT molecular complexity index is 1060. The van der Waals surface area contributed by atoms with Crippen LogP contribution in [0.1, 0.15) is 31.2 Å². The molecule has 0 spiro atoms. The molecule has 0 radical (unpaired) electrons. The molecule has 0 saturated carbocycles. The fraction of sp³-hybridized carbons (Fsp3) is 0.423. The van der Waals surface area contributed by atoms with Crippen LogP contribution in [0.15, 0.2) is 48.5 Å². The largest absolute Gasteiger partial charge is 0.454 e. The van der Waals surface area contributed by atoms with Crippen LogP contribution in [0.25, 0.3) is 0 Å². The van der Waals surface area contributed by atoms with E-state index in [-0.39, 0.29) is 24.9 Å². The summed E-state index contributed by atoms with van der Waals surface area (Å²) in [5.41, 5.74) is 1.90. The Hall–Kier alpha value is -3.46. The van der Waals surface area contributed by atoms with E-state index in [2.05, 4.69) is 10.2 Å². The van der Waals surface area contributed by atoms with Gasteiger partial charge in [-0.2, -0.15) is 0 Å². The smallest absolute Gasteiger partial charge is 0.329 e. The lowest BCUT2D eigenvalue weighted by atomic mass is 10.1. The zero-order valence-corrected chi connectivity index (χ0v) is 19.5. The highest BCUT2D eigenvalue weighted by Gasteiger charge is 2.40. The summed E-state index contributed by atoms with van der Waals surface area (Å²) in [6, 6.07) is 12.4. The van der Waals surface area contributed by atoms with Gasteiger partial charge in [-0.1, -0.05) is 18.2 Å². The molecular formula is C26H30FN3O5. The maximum atomic E-state index is 13.9. The highest BCUT2D eigenvalue weighted by molar-refractivity contribution is 5.94. The second-order valence-corrected chi connectivity index (χ2v) is 8.97. The van der Waals surface area contributed by atoms with Crippen molar-refractivity contribution < 1.29 is 28.6 Å². The monoisotopic (exact) mass is 483 g/mol. The highest BCUT2D eigenvalue weighted by atomic mass is 19.1. The van der Waals surface area contributed by atoms with Gasteiger partial charge < -0.3 is 25.0 Å². The number of carbonyl (C=O) groups excluding carboxylic acids is 3. The molecule has 2 saturated heterocycles. The third-order valence-electron chi connectivity index (χ3n) is 6.39. The number of carbonyl (C=O) groups is 3. The van der Waals surface area contributed by atoms with Crippen LogP contribution < -0.4 is 10.2 Å². The zero-order valence-electron chi connectivity index (χ0n) is 19.5. The molecule has 2 aromatic carbocycles. The maximum Gasteiger partial charge on any atom is 0.329 e. The van der Waals surface area contributed by atoms with Gasteiger partial charge in [-0.3, -0.25) is 9.59 Å². The number of aliphatic hydroxyl groups excluding tert-OH is 1. The summed E-state index contributed by atoms with van der Waals surface area (Å²) in [5.74, 6) is -2.29. The second-order valence-electron chi connectivity index (χ2n) is 8.97.